The van der Waals surface area contributed by atoms with Gasteiger partial charge in [-0.15, -0.1) is 0 Å². The lowest BCUT2D eigenvalue weighted by atomic mass is 10.1. The minimum Gasteiger partial charge on any atom is -0.392 e. The van der Waals surface area contributed by atoms with Crippen molar-refractivity contribution >= 4 is 10.0 Å². The Morgan fingerprint density at radius 1 is 1.19 bits per heavy atom. The van der Waals surface area contributed by atoms with Gasteiger partial charge in [0.05, 0.1) is 11.5 Å². The average Bonchev–Trinajstić information content (AvgIpc) is 2.43. The Labute approximate surface area is 128 Å². The van der Waals surface area contributed by atoms with Crippen LogP contribution in [0, 0.1) is 6.92 Å². The summed E-state index contributed by atoms with van der Waals surface area (Å²) in [4.78, 5) is 2.33. The van der Waals surface area contributed by atoms with Gasteiger partial charge in [0, 0.05) is 13.1 Å². The lowest BCUT2D eigenvalue weighted by Gasteiger charge is -2.23. The van der Waals surface area contributed by atoms with E-state index in [0.717, 1.165) is 13.0 Å². The maximum absolute atomic E-state index is 12.8. The van der Waals surface area contributed by atoms with Crippen molar-refractivity contribution in [3.05, 3.63) is 29.3 Å². The molecule has 0 unspecified atom stereocenters. The number of sulfonamides is 1. The maximum atomic E-state index is 12.8. The van der Waals surface area contributed by atoms with E-state index in [4.69, 9.17) is 0 Å². The molecule has 0 spiro atoms. The van der Waals surface area contributed by atoms with Crippen molar-refractivity contribution in [2.24, 2.45) is 0 Å². The first-order valence-corrected chi connectivity index (χ1v) is 8.62. The summed E-state index contributed by atoms with van der Waals surface area (Å²) in [6.45, 7) is 5.23. The Balaban J connectivity index is 3.02. The molecule has 1 N–H and O–H groups in total. The van der Waals surface area contributed by atoms with Gasteiger partial charge in [-0.3, -0.25) is 0 Å². The van der Waals surface area contributed by atoms with Crippen LogP contribution in [0.5, 0.6) is 0 Å². The van der Waals surface area contributed by atoms with Crippen LogP contribution in [0.1, 0.15) is 24.5 Å². The molecule has 120 valence electrons. The molecule has 0 aliphatic heterocycles. The fourth-order valence-electron chi connectivity index (χ4n) is 2.26. The van der Waals surface area contributed by atoms with Crippen molar-refractivity contribution in [2.45, 2.75) is 31.8 Å². The van der Waals surface area contributed by atoms with E-state index in [-0.39, 0.29) is 6.61 Å². The number of aliphatic hydroxyl groups excluding tert-OH is 1. The van der Waals surface area contributed by atoms with E-state index in [9.17, 15) is 13.5 Å². The second kappa shape index (κ2) is 7.89. The van der Waals surface area contributed by atoms with Crippen molar-refractivity contribution in [3.8, 4) is 0 Å². The highest BCUT2D eigenvalue weighted by Crippen LogP contribution is 2.22. The lowest BCUT2D eigenvalue weighted by Crippen LogP contribution is -2.33. The third-order valence-corrected chi connectivity index (χ3v) is 5.67. The van der Waals surface area contributed by atoms with Gasteiger partial charge in [-0.05, 0) is 51.2 Å². The minimum atomic E-state index is -3.51. The van der Waals surface area contributed by atoms with Gasteiger partial charge in [0.25, 0.3) is 0 Å². The molecule has 0 radical (unpaired) electrons. The second-order valence-corrected chi connectivity index (χ2v) is 7.26. The normalized spacial score (nSPS) is 12.3. The molecule has 1 rings (SSSR count). The zero-order valence-corrected chi connectivity index (χ0v) is 14.2. The summed E-state index contributed by atoms with van der Waals surface area (Å²) in [7, 11) is 0.435. The van der Waals surface area contributed by atoms with E-state index in [1.807, 2.05) is 25.9 Å². The van der Waals surface area contributed by atoms with Gasteiger partial charge in [-0.2, -0.15) is 4.31 Å². The molecule has 0 heterocycles. The molecule has 0 bridgehead atoms. The third-order valence-electron chi connectivity index (χ3n) is 3.55. The lowest BCUT2D eigenvalue weighted by molar-refractivity contribution is 0.280. The molecule has 21 heavy (non-hydrogen) atoms. The van der Waals surface area contributed by atoms with E-state index < -0.39 is 10.0 Å². The van der Waals surface area contributed by atoms with Gasteiger partial charge in [-0.25, -0.2) is 8.42 Å². The molecule has 0 aliphatic rings. The van der Waals surface area contributed by atoms with Crippen molar-refractivity contribution < 1.29 is 13.5 Å². The highest BCUT2D eigenvalue weighted by Gasteiger charge is 2.25. The highest BCUT2D eigenvalue weighted by molar-refractivity contribution is 7.89. The summed E-state index contributed by atoms with van der Waals surface area (Å²) in [5.41, 5.74) is 1.28. The SMILES string of the molecule is CCN(CCCN(C)C)S(=O)(=O)c1cccc(CO)c1C. The van der Waals surface area contributed by atoms with Gasteiger partial charge >= 0.3 is 0 Å². The van der Waals surface area contributed by atoms with Gasteiger partial charge in [-0.1, -0.05) is 19.1 Å². The van der Waals surface area contributed by atoms with Crippen molar-refractivity contribution in [2.75, 3.05) is 33.7 Å². The standard InChI is InChI=1S/C15H26N2O3S/c1-5-17(11-7-10-16(3)4)21(19,20)15-9-6-8-14(12-18)13(15)2/h6,8-9,18H,5,7,10-12H2,1-4H3. The monoisotopic (exact) mass is 314 g/mol. The highest BCUT2D eigenvalue weighted by atomic mass is 32.2. The quantitative estimate of drug-likeness (QED) is 0.789. The zero-order valence-electron chi connectivity index (χ0n) is 13.3. The average molecular weight is 314 g/mol. The first-order chi connectivity index (χ1) is 9.84. The van der Waals surface area contributed by atoms with E-state index in [0.29, 0.717) is 29.1 Å². The number of aliphatic hydroxyl groups is 1. The van der Waals surface area contributed by atoms with Crippen LogP contribution in [0.3, 0.4) is 0 Å². The van der Waals surface area contributed by atoms with Crippen LogP contribution in [0.15, 0.2) is 23.1 Å². The topological polar surface area (TPSA) is 60.9 Å². The Morgan fingerprint density at radius 3 is 2.38 bits per heavy atom. The summed E-state index contributed by atoms with van der Waals surface area (Å²) in [5.74, 6) is 0. The van der Waals surface area contributed by atoms with Crippen molar-refractivity contribution in [1.82, 2.24) is 9.21 Å². The molecule has 0 saturated heterocycles. The first-order valence-electron chi connectivity index (χ1n) is 7.18. The van der Waals surface area contributed by atoms with Crippen LogP contribution >= 0.6 is 0 Å². The molecule has 0 saturated carbocycles. The molecule has 0 atom stereocenters. The fraction of sp³-hybridized carbons (Fsp3) is 0.600. The number of nitrogens with zero attached hydrogens (tertiary/aromatic N) is 2. The fourth-order valence-corrected chi connectivity index (χ4v) is 4.02. The number of hydrogen-bond donors (Lipinski definition) is 1. The summed E-state index contributed by atoms with van der Waals surface area (Å²) in [6.07, 6.45) is 0.790. The van der Waals surface area contributed by atoms with Crippen LogP contribution in [-0.4, -0.2) is 56.5 Å². The summed E-state index contributed by atoms with van der Waals surface area (Å²) >= 11 is 0. The van der Waals surface area contributed by atoms with E-state index in [2.05, 4.69) is 0 Å². The Hall–Kier alpha value is -0.950. The largest absolute Gasteiger partial charge is 0.392 e. The van der Waals surface area contributed by atoms with Gasteiger partial charge in [0.2, 0.25) is 10.0 Å². The summed E-state index contributed by atoms with van der Waals surface area (Å²) in [6, 6.07) is 5.04. The molecule has 0 fully saturated rings. The molecule has 0 amide bonds. The van der Waals surface area contributed by atoms with Crippen LogP contribution in [0.25, 0.3) is 0 Å². The minimum absolute atomic E-state index is 0.151. The molecule has 5 nitrogen and oxygen atoms in total. The third kappa shape index (κ3) is 4.51. The van der Waals surface area contributed by atoms with Gasteiger partial charge in [0.15, 0.2) is 0 Å². The van der Waals surface area contributed by atoms with Crippen molar-refractivity contribution in [3.63, 3.8) is 0 Å². The van der Waals surface area contributed by atoms with E-state index in [1.165, 1.54) is 4.31 Å². The Bertz CT molecular complexity index is 556. The van der Waals surface area contributed by atoms with Crippen LogP contribution in [0.4, 0.5) is 0 Å². The molecule has 0 aliphatic carbocycles. The van der Waals surface area contributed by atoms with Crippen LogP contribution in [-0.2, 0) is 16.6 Å². The molecule has 6 heteroatoms. The second-order valence-electron chi connectivity index (χ2n) is 5.35. The summed E-state index contributed by atoms with van der Waals surface area (Å²) in [5, 5.41) is 9.29. The molecular weight excluding hydrogens is 288 g/mol. The molecule has 0 aromatic heterocycles. The zero-order chi connectivity index (χ0) is 16.0. The van der Waals surface area contributed by atoms with Crippen LogP contribution in [0.2, 0.25) is 0 Å². The number of rotatable bonds is 8. The maximum Gasteiger partial charge on any atom is 0.243 e. The summed E-state index contributed by atoms with van der Waals surface area (Å²) < 4.78 is 27.0. The number of benzene rings is 1. The smallest absolute Gasteiger partial charge is 0.243 e. The first kappa shape index (κ1) is 18.1. The predicted molar refractivity (Wildman–Crippen MR) is 84.7 cm³/mol. The number of hydrogen-bond acceptors (Lipinski definition) is 4. The van der Waals surface area contributed by atoms with Crippen LogP contribution < -0.4 is 0 Å². The Kier molecular flexibility index (Phi) is 6.80. The van der Waals surface area contributed by atoms with Crippen molar-refractivity contribution in [1.29, 1.82) is 0 Å². The van der Waals surface area contributed by atoms with Gasteiger partial charge in [0.1, 0.15) is 0 Å². The predicted octanol–water partition coefficient (Wildman–Crippen LogP) is 1.45. The molecule has 1 aromatic rings. The van der Waals surface area contributed by atoms with Gasteiger partial charge < -0.3 is 10.0 Å². The van der Waals surface area contributed by atoms with E-state index in [1.54, 1.807) is 25.1 Å². The Morgan fingerprint density at radius 2 is 1.86 bits per heavy atom. The molecular formula is C15H26N2O3S. The molecule has 1 aromatic carbocycles. The van der Waals surface area contributed by atoms with E-state index >= 15 is 0 Å².